The van der Waals surface area contributed by atoms with Gasteiger partial charge in [0.1, 0.15) is 5.82 Å². The fourth-order valence-electron chi connectivity index (χ4n) is 4.56. The Balaban J connectivity index is 1.52. The van der Waals surface area contributed by atoms with Crippen molar-refractivity contribution in [1.29, 1.82) is 0 Å². The van der Waals surface area contributed by atoms with E-state index in [2.05, 4.69) is 62.3 Å². The highest BCUT2D eigenvalue weighted by atomic mass is 32.2. The summed E-state index contributed by atoms with van der Waals surface area (Å²) in [5.41, 5.74) is 4.22. The molecule has 0 amide bonds. The second kappa shape index (κ2) is 10.5. The highest BCUT2D eigenvalue weighted by Gasteiger charge is 2.20. The Hall–Kier alpha value is -2.38. The third-order valence-corrected chi connectivity index (χ3v) is 7.28. The number of nitrogens with zero attached hydrogens (tertiary/aromatic N) is 5. The molecule has 4 rings (SSSR count). The van der Waals surface area contributed by atoms with Crippen LogP contribution >= 0.6 is 11.8 Å². The molecule has 0 saturated carbocycles. The molecule has 3 heterocycles. The number of aromatic nitrogens is 4. The van der Waals surface area contributed by atoms with E-state index in [1.807, 2.05) is 19.1 Å². The molecule has 0 unspecified atom stereocenters. The summed E-state index contributed by atoms with van der Waals surface area (Å²) in [7, 11) is 0. The van der Waals surface area contributed by atoms with Gasteiger partial charge in [0, 0.05) is 23.5 Å². The van der Waals surface area contributed by atoms with Crippen LogP contribution in [0.2, 0.25) is 0 Å². The van der Waals surface area contributed by atoms with E-state index in [-0.39, 0.29) is 5.78 Å². The van der Waals surface area contributed by atoms with E-state index < -0.39 is 0 Å². The molecule has 0 aliphatic carbocycles. The zero-order valence-electron chi connectivity index (χ0n) is 19.4. The zero-order valence-corrected chi connectivity index (χ0v) is 20.2. The van der Waals surface area contributed by atoms with Gasteiger partial charge in [-0.25, -0.2) is 0 Å². The molecule has 170 valence electrons. The SMILES string of the molecule is CCn1c(C)cc(C(=O)CSc2nnc(CN3CCCCC3)n2Cc2ccccc2)c1C. The number of carbonyl (C=O) groups excluding carboxylic acids is 1. The Morgan fingerprint density at radius 3 is 2.44 bits per heavy atom. The van der Waals surface area contributed by atoms with Gasteiger partial charge < -0.3 is 9.13 Å². The van der Waals surface area contributed by atoms with Gasteiger partial charge in [0.05, 0.1) is 18.8 Å². The lowest BCUT2D eigenvalue weighted by atomic mass is 10.1. The molecule has 0 spiro atoms. The molecule has 0 bridgehead atoms. The molecule has 2 aromatic heterocycles. The lowest BCUT2D eigenvalue weighted by molar-refractivity contribution is 0.102. The number of thioether (sulfide) groups is 1. The van der Waals surface area contributed by atoms with Gasteiger partial charge in [-0.2, -0.15) is 0 Å². The highest BCUT2D eigenvalue weighted by molar-refractivity contribution is 7.99. The van der Waals surface area contributed by atoms with Gasteiger partial charge in [-0.3, -0.25) is 9.69 Å². The van der Waals surface area contributed by atoms with Crippen LogP contribution in [0.3, 0.4) is 0 Å². The molecule has 1 aliphatic rings. The van der Waals surface area contributed by atoms with Gasteiger partial charge in [-0.05, 0) is 58.3 Å². The summed E-state index contributed by atoms with van der Waals surface area (Å²) in [5, 5.41) is 9.86. The number of Topliss-reactive ketones (excluding diaryl/α,β-unsaturated/α-hetero) is 1. The Kier molecular flexibility index (Phi) is 7.48. The minimum atomic E-state index is 0.148. The molecule has 1 fully saturated rings. The summed E-state index contributed by atoms with van der Waals surface area (Å²) >= 11 is 1.50. The third kappa shape index (κ3) is 5.15. The van der Waals surface area contributed by atoms with Crippen molar-refractivity contribution in [1.82, 2.24) is 24.2 Å². The second-order valence-corrected chi connectivity index (χ2v) is 9.49. The maximum atomic E-state index is 13.0. The summed E-state index contributed by atoms with van der Waals surface area (Å²) in [5.74, 6) is 1.49. The predicted molar refractivity (Wildman–Crippen MR) is 129 cm³/mol. The fraction of sp³-hybridized carbons (Fsp3) is 0.480. The van der Waals surface area contributed by atoms with Crippen LogP contribution in [0, 0.1) is 13.8 Å². The predicted octanol–water partition coefficient (Wildman–Crippen LogP) is 4.73. The number of hydrogen-bond donors (Lipinski definition) is 0. The standard InChI is InChI=1S/C25H33N5OS/c1-4-29-19(2)15-22(20(29)3)23(31)18-32-25-27-26-24(17-28-13-9-6-10-14-28)30(25)16-21-11-7-5-8-12-21/h5,7-8,11-12,15H,4,6,9-10,13-14,16-18H2,1-3H3. The summed E-state index contributed by atoms with van der Waals surface area (Å²) in [4.78, 5) is 15.5. The van der Waals surface area contributed by atoms with Crippen LogP contribution < -0.4 is 0 Å². The maximum absolute atomic E-state index is 13.0. The van der Waals surface area contributed by atoms with Gasteiger partial charge >= 0.3 is 0 Å². The minimum Gasteiger partial charge on any atom is -0.349 e. The Morgan fingerprint density at radius 2 is 1.75 bits per heavy atom. The van der Waals surface area contributed by atoms with E-state index in [1.165, 1.54) is 36.6 Å². The van der Waals surface area contributed by atoms with Crippen LogP contribution in [-0.2, 0) is 19.6 Å². The number of aryl methyl sites for hydroxylation is 1. The van der Waals surface area contributed by atoms with Crippen molar-refractivity contribution in [3.8, 4) is 0 Å². The van der Waals surface area contributed by atoms with Crippen molar-refractivity contribution in [2.24, 2.45) is 0 Å². The molecular weight excluding hydrogens is 418 g/mol. The van der Waals surface area contributed by atoms with E-state index in [9.17, 15) is 4.79 Å². The van der Waals surface area contributed by atoms with E-state index in [0.717, 1.165) is 60.7 Å². The molecular formula is C25H33N5OS. The van der Waals surface area contributed by atoms with E-state index in [4.69, 9.17) is 0 Å². The average Bonchev–Trinajstić information content (AvgIpc) is 3.32. The molecule has 0 radical (unpaired) electrons. The fourth-order valence-corrected chi connectivity index (χ4v) is 5.40. The topological polar surface area (TPSA) is 56.0 Å². The van der Waals surface area contributed by atoms with Gasteiger partial charge in [0.15, 0.2) is 10.9 Å². The molecule has 0 atom stereocenters. The first-order valence-corrected chi connectivity index (χ1v) is 12.6. The lowest BCUT2D eigenvalue weighted by Gasteiger charge is -2.26. The summed E-state index contributed by atoms with van der Waals surface area (Å²) in [6.45, 7) is 10.8. The molecule has 1 saturated heterocycles. The second-order valence-electron chi connectivity index (χ2n) is 8.55. The van der Waals surface area contributed by atoms with Crippen LogP contribution in [0.5, 0.6) is 0 Å². The van der Waals surface area contributed by atoms with Crippen LogP contribution in [0.4, 0.5) is 0 Å². The molecule has 6 nitrogen and oxygen atoms in total. The van der Waals surface area contributed by atoms with Crippen molar-refractivity contribution < 1.29 is 4.79 Å². The van der Waals surface area contributed by atoms with E-state index in [1.54, 1.807) is 0 Å². The van der Waals surface area contributed by atoms with Gasteiger partial charge in [-0.15, -0.1) is 10.2 Å². The minimum absolute atomic E-state index is 0.148. The molecule has 1 aromatic carbocycles. The summed E-state index contributed by atoms with van der Waals surface area (Å²) < 4.78 is 4.38. The lowest BCUT2D eigenvalue weighted by Crippen LogP contribution is -2.30. The maximum Gasteiger partial charge on any atom is 0.192 e. The number of hydrogen-bond acceptors (Lipinski definition) is 5. The molecule has 32 heavy (non-hydrogen) atoms. The van der Waals surface area contributed by atoms with Crippen molar-refractivity contribution in [2.45, 2.75) is 64.8 Å². The number of ketones is 1. The average molecular weight is 452 g/mol. The van der Waals surface area contributed by atoms with Crippen molar-refractivity contribution >= 4 is 17.5 Å². The summed E-state index contributed by atoms with van der Waals surface area (Å²) in [6, 6.07) is 12.4. The first kappa shape index (κ1) is 22.8. The first-order valence-electron chi connectivity index (χ1n) is 11.6. The Bertz CT molecular complexity index is 1050. The Labute approximate surface area is 195 Å². The van der Waals surface area contributed by atoms with Crippen LogP contribution in [0.15, 0.2) is 41.6 Å². The van der Waals surface area contributed by atoms with Gasteiger partial charge in [-0.1, -0.05) is 48.5 Å². The van der Waals surface area contributed by atoms with Crippen molar-refractivity contribution in [3.05, 3.63) is 64.7 Å². The van der Waals surface area contributed by atoms with Crippen molar-refractivity contribution in [2.75, 3.05) is 18.8 Å². The van der Waals surface area contributed by atoms with Gasteiger partial charge in [0.25, 0.3) is 0 Å². The van der Waals surface area contributed by atoms with Crippen LogP contribution in [0.25, 0.3) is 0 Å². The molecule has 7 heteroatoms. The number of benzene rings is 1. The molecule has 0 N–H and O–H groups in total. The highest BCUT2D eigenvalue weighted by Crippen LogP contribution is 2.24. The number of carbonyl (C=O) groups is 1. The van der Waals surface area contributed by atoms with Crippen LogP contribution in [-0.4, -0.2) is 48.9 Å². The van der Waals surface area contributed by atoms with E-state index in [0.29, 0.717) is 5.75 Å². The number of rotatable bonds is 9. The summed E-state index contributed by atoms with van der Waals surface area (Å²) in [6.07, 6.45) is 3.81. The molecule has 1 aliphatic heterocycles. The smallest absolute Gasteiger partial charge is 0.192 e. The Morgan fingerprint density at radius 1 is 1.00 bits per heavy atom. The largest absolute Gasteiger partial charge is 0.349 e. The van der Waals surface area contributed by atoms with E-state index >= 15 is 0 Å². The normalized spacial score (nSPS) is 14.7. The molecule has 3 aromatic rings. The van der Waals surface area contributed by atoms with Crippen molar-refractivity contribution in [3.63, 3.8) is 0 Å². The van der Waals surface area contributed by atoms with Crippen LogP contribution in [0.1, 0.15) is 59.3 Å². The third-order valence-electron chi connectivity index (χ3n) is 6.31. The zero-order chi connectivity index (χ0) is 22.5. The quantitative estimate of drug-likeness (QED) is 0.348. The van der Waals surface area contributed by atoms with Gasteiger partial charge in [0.2, 0.25) is 0 Å². The number of likely N-dealkylation sites (tertiary alicyclic amines) is 1. The monoisotopic (exact) mass is 451 g/mol. The number of piperidine rings is 1. The first-order chi connectivity index (χ1) is 15.6.